The Labute approximate surface area is 338 Å². The number of benzene rings is 2. The number of aromatic nitrogens is 5. The highest BCUT2D eigenvalue weighted by molar-refractivity contribution is 5.84. The molecule has 19 nitrogen and oxygen atoms in total. The van der Waals surface area contributed by atoms with Crippen LogP contribution in [0.2, 0.25) is 0 Å². The summed E-state index contributed by atoms with van der Waals surface area (Å²) >= 11 is 0. The van der Waals surface area contributed by atoms with E-state index in [1.807, 2.05) is 34.9 Å². The third-order valence-electron chi connectivity index (χ3n) is 10.4. The average molecular weight is 814 g/mol. The van der Waals surface area contributed by atoms with Crippen molar-refractivity contribution in [1.29, 1.82) is 0 Å². The number of nitrogens with one attached hydrogen (secondary N) is 3. The number of rotatable bonds is 14. The van der Waals surface area contributed by atoms with Gasteiger partial charge in [-0.25, -0.2) is 9.78 Å². The van der Waals surface area contributed by atoms with Crippen molar-refractivity contribution < 1.29 is 44.4 Å². The van der Waals surface area contributed by atoms with Crippen molar-refractivity contribution in [3.63, 3.8) is 0 Å². The first kappa shape index (κ1) is 41.2. The molecule has 2 aliphatic rings. The Kier molecular flexibility index (Phi) is 12.8. The number of aliphatic hydroxyl groups excluding tert-OH is 4. The van der Waals surface area contributed by atoms with E-state index in [9.17, 15) is 35.3 Å². The molecule has 1 saturated carbocycles. The van der Waals surface area contributed by atoms with E-state index in [2.05, 4.69) is 51.9 Å². The molecular formula is C40H47N9O10. The summed E-state index contributed by atoms with van der Waals surface area (Å²) in [6.07, 6.45) is -2.31. The summed E-state index contributed by atoms with van der Waals surface area (Å²) in [6, 6.07) is 17.9. The molecule has 312 valence electrons. The van der Waals surface area contributed by atoms with Crippen LogP contribution in [0.3, 0.4) is 0 Å². The number of aliphatic hydroxyl groups is 4. The number of amides is 1. The van der Waals surface area contributed by atoms with E-state index in [4.69, 9.17) is 24.2 Å². The Morgan fingerprint density at radius 3 is 2.41 bits per heavy atom. The van der Waals surface area contributed by atoms with Crippen LogP contribution >= 0.6 is 0 Å². The molecule has 1 amide bonds. The highest BCUT2D eigenvalue weighted by atomic mass is 16.7. The number of fused-ring (bicyclic) bond motifs is 1. The minimum absolute atomic E-state index is 0.0493. The second-order valence-electron chi connectivity index (χ2n) is 14.9. The summed E-state index contributed by atoms with van der Waals surface area (Å²) in [6.45, 7) is 3.70. The summed E-state index contributed by atoms with van der Waals surface area (Å²) in [5.41, 5.74) is 4.18. The molecule has 0 bridgehead atoms. The Hall–Kier alpha value is -5.99. The highest BCUT2D eigenvalue weighted by Gasteiger charge is 2.45. The zero-order chi connectivity index (χ0) is 41.6. The maximum absolute atomic E-state index is 12.8. The van der Waals surface area contributed by atoms with Gasteiger partial charge in [0.15, 0.2) is 22.7 Å². The largest absolute Gasteiger partial charge is 0.455 e. The van der Waals surface area contributed by atoms with E-state index in [1.54, 1.807) is 12.5 Å². The predicted molar refractivity (Wildman–Crippen MR) is 213 cm³/mol. The summed E-state index contributed by atoms with van der Waals surface area (Å²) < 4.78 is 18.2. The molecule has 5 aromatic rings. The van der Waals surface area contributed by atoms with Crippen LogP contribution in [0.15, 0.2) is 73.2 Å². The van der Waals surface area contributed by atoms with Gasteiger partial charge in [0.1, 0.15) is 31.0 Å². The van der Waals surface area contributed by atoms with Gasteiger partial charge in [0.2, 0.25) is 12.2 Å². The van der Waals surface area contributed by atoms with Crippen LogP contribution in [-0.2, 0) is 22.6 Å². The summed E-state index contributed by atoms with van der Waals surface area (Å²) in [4.78, 5) is 42.6. The van der Waals surface area contributed by atoms with Crippen LogP contribution in [0.5, 0.6) is 5.75 Å². The van der Waals surface area contributed by atoms with Crippen molar-refractivity contribution in [3.05, 3.63) is 94.4 Å². The fourth-order valence-corrected chi connectivity index (χ4v) is 7.10. The molecule has 1 unspecified atom stereocenters. The predicted octanol–water partition coefficient (Wildman–Crippen LogP) is 3.82. The fourth-order valence-electron chi connectivity index (χ4n) is 7.10. The molecule has 7 N–H and O–H groups in total. The van der Waals surface area contributed by atoms with E-state index in [0.29, 0.717) is 47.9 Å². The van der Waals surface area contributed by atoms with Gasteiger partial charge in [0, 0.05) is 42.5 Å². The lowest BCUT2D eigenvalue weighted by atomic mass is 9.91. The van der Waals surface area contributed by atoms with Gasteiger partial charge in [-0.2, -0.15) is 9.97 Å². The first-order valence-corrected chi connectivity index (χ1v) is 19.4. The van der Waals surface area contributed by atoms with Crippen molar-refractivity contribution in [2.45, 2.75) is 102 Å². The van der Waals surface area contributed by atoms with E-state index in [0.717, 1.165) is 35.7 Å². The molecule has 0 radical (unpaired) electrons. The topological polar surface area (TPSA) is 261 Å². The minimum Gasteiger partial charge on any atom is -0.455 e. The van der Waals surface area contributed by atoms with E-state index >= 15 is 0 Å². The van der Waals surface area contributed by atoms with Crippen molar-refractivity contribution in [2.24, 2.45) is 0 Å². The van der Waals surface area contributed by atoms with E-state index in [1.165, 1.54) is 12.1 Å². The monoisotopic (exact) mass is 813 g/mol. The third kappa shape index (κ3) is 9.67. The summed E-state index contributed by atoms with van der Waals surface area (Å²) in [5.74, 6) is 0.789. The lowest BCUT2D eigenvalue weighted by Gasteiger charge is -2.39. The van der Waals surface area contributed by atoms with Gasteiger partial charge < -0.3 is 55.2 Å². The number of alkyl carbamates (subject to hydrolysis) is 1. The second kappa shape index (κ2) is 18.3. The number of carbonyl (C=O) groups is 1. The Morgan fingerprint density at radius 1 is 0.966 bits per heavy atom. The van der Waals surface area contributed by atoms with Gasteiger partial charge in [0.05, 0.1) is 23.6 Å². The van der Waals surface area contributed by atoms with Gasteiger partial charge in [-0.1, -0.05) is 36.4 Å². The number of anilines is 2. The molecular weight excluding hydrogens is 766 g/mol. The average Bonchev–Trinajstić information content (AvgIpc) is 3.68. The number of imidazole rings is 1. The van der Waals surface area contributed by atoms with Crippen LogP contribution in [0.4, 0.5) is 22.2 Å². The quantitative estimate of drug-likeness (QED) is 0.0621. The molecule has 2 aromatic carbocycles. The minimum atomic E-state index is -1.75. The Balaban J connectivity index is 0.918. The number of nitro groups is 1. The summed E-state index contributed by atoms with van der Waals surface area (Å²) in [7, 11) is 0. The molecule has 0 spiro atoms. The highest BCUT2D eigenvalue weighted by Crippen LogP contribution is 2.33. The van der Waals surface area contributed by atoms with Gasteiger partial charge in [-0.05, 0) is 68.9 Å². The molecule has 19 heteroatoms. The Bertz CT molecular complexity index is 2220. The van der Waals surface area contributed by atoms with Crippen LogP contribution in [-0.4, -0.2) is 105 Å². The van der Waals surface area contributed by atoms with Gasteiger partial charge in [0.25, 0.3) is 0 Å². The number of ether oxygens (including phenoxy) is 3. The number of nitro benzene ring substituents is 1. The molecule has 1 saturated heterocycles. The number of hydrogen-bond acceptors (Lipinski definition) is 16. The fraction of sp³-hybridized carbons (Fsp3) is 0.425. The third-order valence-corrected chi connectivity index (χ3v) is 10.4. The normalized spacial score (nSPS) is 23.1. The number of carbonyl (C=O) groups excluding carboxylic acids is 1. The first-order valence-electron chi connectivity index (χ1n) is 19.4. The van der Waals surface area contributed by atoms with Gasteiger partial charge in [-0.15, -0.1) is 0 Å². The molecule has 1 aliphatic heterocycles. The molecule has 4 heterocycles. The second-order valence-corrected chi connectivity index (χ2v) is 14.9. The standard InChI is InChI=1S/C40H47N9O10/c1-22(2)48-21-43-32-36(42-18-23-6-9-25(10-7-23)28-5-3-4-16-41-28)46-39(47-37(32)48)44-26-11-13-27(14-12-26)45-40(54)57-20-24-8-15-30(29(17-24)49(55)56)58-38-35(53)34(52)33(51)31(19-50)59-38/h3-10,15-17,21-22,26-27,31,33-35,38,50-53H,11-14,18-20H2,1-2H3,(H,45,54)(H2,42,44,46,47)/t26?,27?,31-,33+,34+,35-,38?/m1/s1. The molecule has 1 aliphatic carbocycles. The SMILES string of the molecule is CC(C)n1cnc2c(NCc3ccc(-c4ccccn4)cc3)nc(NC3CCC(NC(=O)OCc4ccc(OC5O[C@H](CO)[C@H](O)[C@H](O)[C@H]5O)c([N+](=O)[O-])c4)CC3)nc21. The van der Waals surface area contributed by atoms with Gasteiger partial charge >= 0.3 is 11.8 Å². The lowest BCUT2D eigenvalue weighted by molar-refractivity contribution is -0.387. The molecule has 59 heavy (non-hydrogen) atoms. The van der Waals surface area contributed by atoms with Crippen LogP contribution in [0.1, 0.15) is 56.7 Å². The Morgan fingerprint density at radius 2 is 1.71 bits per heavy atom. The number of hydrogen-bond donors (Lipinski definition) is 7. The maximum atomic E-state index is 12.8. The van der Waals surface area contributed by atoms with Crippen LogP contribution in [0.25, 0.3) is 22.4 Å². The lowest BCUT2D eigenvalue weighted by Crippen LogP contribution is -2.60. The zero-order valence-corrected chi connectivity index (χ0v) is 32.4. The summed E-state index contributed by atoms with van der Waals surface area (Å²) in [5, 5.41) is 61.4. The zero-order valence-electron chi connectivity index (χ0n) is 32.4. The first-order chi connectivity index (χ1) is 28.5. The molecule has 2 fully saturated rings. The molecule has 3 aromatic heterocycles. The van der Waals surface area contributed by atoms with Crippen molar-refractivity contribution in [3.8, 4) is 17.0 Å². The molecule has 7 rings (SSSR count). The van der Waals surface area contributed by atoms with Crippen molar-refractivity contribution in [1.82, 2.24) is 29.8 Å². The van der Waals surface area contributed by atoms with Crippen molar-refractivity contribution >= 4 is 34.7 Å². The van der Waals surface area contributed by atoms with Gasteiger partial charge in [-0.3, -0.25) is 15.1 Å². The van der Waals surface area contributed by atoms with Crippen LogP contribution in [0, 0.1) is 10.1 Å². The van der Waals surface area contributed by atoms with Crippen molar-refractivity contribution in [2.75, 3.05) is 17.2 Å². The van der Waals surface area contributed by atoms with Crippen LogP contribution < -0.4 is 20.7 Å². The maximum Gasteiger partial charge on any atom is 0.407 e. The van der Waals surface area contributed by atoms with E-state index in [-0.39, 0.29) is 30.5 Å². The number of nitrogens with zero attached hydrogens (tertiary/aromatic N) is 6. The van der Waals surface area contributed by atoms with E-state index < -0.39 is 54.0 Å². The number of pyridine rings is 1. The molecule has 5 atom stereocenters. The smallest absolute Gasteiger partial charge is 0.407 e.